The third kappa shape index (κ3) is 2.06. The Kier molecular flexibility index (Phi) is 2.79. The number of hydrogen-bond acceptors (Lipinski definition) is 4. The number of thiophene rings is 1. The van der Waals surface area contributed by atoms with Crippen LogP contribution in [0.5, 0.6) is 5.75 Å². The Labute approximate surface area is 96.5 Å². The van der Waals surface area contributed by atoms with Crippen LogP contribution < -0.4 is 10.5 Å². The molecule has 0 saturated carbocycles. The Bertz CT molecular complexity index is 484. The highest BCUT2D eigenvalue weighted by molar-refractivity contribution is 7.19. The van der Waals surface area contributed by atoms with Crippen molar-refractivity contribution in [2.45, 2.75) is 0 Å². The predicted molar refractivity (Wildman–Crippen MR) is 63.5 cm³/mol. The summed E-state index contributed by atoms with van der Waals surface area (Å²) in [5.74, 6) is 0.629. The molecule has 0 spiro atoms. The zero-order valence-corrected chi connectivity index (χ0v) is 9.60. The van der Waals surface area contributed by atoms with E-state index in [0.717, 1.165) is 14.9 Å². The molecular formula is C10H9ClN2OS. The van der Waals surface area contributed by atoms with Crippen molar-refractivity contribution in [1.82, 2.24) is 4.98 Å². The van der Waals surface area contributed by atoms with E-state index in [2.05, 4.69) is 4.98 Å². The van der Waals surface area contributed by atoms with Gasteiger partial charge in [-0.15, -0.1) is 11.3 Å². The van der Waals surface area contributed by atoms with Gasteiger partial charge in [-0.25, -0.2) is 0 Å². The molecule has 2 heterocycles. The first-order valence-electron chi connectivity index (χ1n) is 4.26. The smallest absolute Gasteiger partial charge is 0.145 e. The van der Waals surface area contributed by atoms with Gasteiger partial charge in [0.15, 0.2) is 0 Å². The fourth-order valence-electron chi connectivity index (χ4n) is 1.21. The molecule has 0 atom stereocenters. The van der Waals surface area contributed by atoms with Crippen LogP contribution in [0.3, 0.4) is 0 Å². The number of hydrogen-bond donors (Lipinski definition) is 1. The number of methoxy groups -OCH3 is 1. The summed E-state index contributed by atoms with van der Waals surface area (Å²) in [6.07, 6.45) is 1.59. The molecule has 2 N–H and O–H groups in total. The molecule has 0 aliphatic heterocycles. The lowest BCUT2D eigenvalue weighted by atomic mass is 10.3. The number of halogens is 1. The van der Waals surface area contributed by atoms with Crippen molar-refractivity contribution in [3.63, 3.8) is 0 Å². The van der Waals surface area contributed by atoms with Gasteiger partial charge in [0.25, 0.3) is 0 Å². The van der Waals surface area contributed by atoms with Crippen LogP contribution in [0.1, 0.15) is 0 Å². The quantitative estimate of drug-likeness (QED) is 0.878. The lowest BCUT2D eigenvalue weighted by Crippen LogP contribution is -1.94. The van der Waals surface area contributed by atoms with E-state index in [-0.39, 0.29) is 0 Å². The maximum Gasteiger partial charge on any atom is 0.145 e. The lowest BCUT2D eigenvalue weighted by Gasteiger charge is -2.04. The van der Waals surface area contributed by atoms with Crippen LogP contribution in [0.15, 0.2) is 24.4 Å². The second-order valence-electron chi connectivity index (χ2n) is 2.92. The molecule has 3 nitrogen and oxygen atoms in total. The van der Waals surface area contributed by atoms with E-state index in [9.17, 15) is 0 Å². The van der Waals surface area contributed by atoms with Crippen molar-refractivity contribution in [2.75, 3.05) is 12.8 Å². The van der Waals surface area contributed by atoms with Crippen LogP contribution in [0.2, 0.25) is 4.34 Å². The van der Waals surface area contributed by atoms with Gasteiger partial charge < -0.3 is 10.5 Å². The van der Waals surface area contributed by atoms with E-state index in [1.54, 1.807) is 19.4 Å². The van der Waals surface area contributed by atoms with E-state index < -0.39 is 0 Å². The summed E-state index contributed by atoms with van der Waals surface area (Å²) in [7, 11) is 1.58. The lowest BCUT2D eigenvalue weighted by molar-refractivity contribution is 0.416. The van der Waals surface area contributed by atoms with E-state index in [1.807, 2.05) is 12.1 Å². The number of aromatic nitrogens is 1. The number of pyridine rings is 1. The molecule has 15 heavy (non-hydrogen) atoms. The summed E-state index contributed by atoms with van der Waals surface area (Å²) < 4.78 is 5.86. The van der Waals surface area contributed by atoms with Gasteiger partial charge >= 0.3 is 0 Å². The van der Waals surface area contributed by atoms with Crippen LogP contribution in [0, 0.1) is 0 Å². The minimum absolute atomic E-state index is 0.531. The normalized spacial score (nSPS) is 10.3. The average molecular weight is 241 g/mol. The molecule has 0 fully saturated rings. The topological polar surface area (TPSA) is 48.1 Å². The van der Waals surface area contributed by atoms with Crippen molar-refractivity contribution >= 4 is 28.6 Å². The highest BCUT2D eigenvalue weighted by Crippen LogP contribution is 2.32. The van der Waals surface area contributed by atoms with E-state index in [0.29, 0.717) is 11.4 Å². The minimum atomic E-state index is 0.531. The summed E-state index contributed by atoms with van der Waals surface area (Å²) in [6, 6.07) is 5.56. The predicted octanol–water partition coefficient (Wildman–Crippen LogP) is 3.05. The van der Waals surface area contributed by atoms with Gasteiger partial charge in [0.1, 0.15) is 5.75 Å². The van der Waals surface area contributed by atoms with Crippen LogP contribution in [-0.2, 0) is 0 Å². The van der Waals surface area contributed by atoms with Gasteiger partial charge in [0.2, 0.25) is 0 Å². The monoisotopic (exact) mass is 240 g/mol. The van der Waals surface area contributed by atoms with Gasteiger partial charge in [-0.05, 0) is 12.1 Å². The fourth-order valence-corrected chi connectivity index (χ4v) is 2.22. The number of nitrogen functional groups attached to an aromatic ring is 1. The molecule has 0 aliphatic carbocycles. The van der Waals surface area contributed by atoms with Gasteiger partial charge in [-0.2, -0.15) is 0 Å². The molecule has 0 unspecified atom stereocenters. The van der Waals surface area contributed by atoms with Crippen LogP contribution >= 0.6 is 22.9 Å². The summed E-state index contributed by atoms with van der Waals surface area (Å²) in [5, 5.41) is 0. The standard InChI is InChI=1S/C10H9ClN2OS/c1-14-8-4-7(13-5-6(8)12)9-2-3-10(11)15-9/h2-5H,12H2,1H3. The number of nitrogens with two attached hydrogens (primary N) is 1. The summed E-state index contributed by atoms with van der Waals surface area (Å²) in [6.45, 7) is 0. The molecule has 78 valence electrons. The maximum absolute atomic E-state index is 5.85. The Hall–Kier alpha value is -1.26. The SMILES string of the molecule is COc1cc(-c2ccc(Cl)s2)ncc1N. The zero-order chi connectivity index (χ0) is 10.8. The Morgan fingerprint density at radius 1 is 1.47 bits per heavy atom. The van der Waals surface area contributed by atoms with Crippen LogP contribution in [-0.4, -0.2) is 12.1 Å². The second-order valence-corrected chi connectivity index (χ2v) is 4.63. The Morgan fingerprint density at radius 3 is 2.87 bits per heavy atom. The third-order valence-corrected chi connectivity index (χ3v) is 3.19. The van der Waals surface area contributed by atoms with Gasteiger partial charge in [0.05, 0.1) is 33.9 Å². The second kappa shape index (κ2) is 4.08. The molecule has 0 aliphatic rings. The number of rotatable bonds is 2. The average Bonchev–Trinajstić information content (AvgIpc) is 2.66. The fraction of sp³-hybridized carbons (Fsp3) is 0.100. The van der Waals surface area contributed by atoms with Crippen molar-refractivity contribution in [1.29, 1.82) is 0 Å². The molecule has 2 aromatic heterocycles. The third-order valence-electron chi connectivity index (χ3n) is 1.94. The summed E-state index contributed by atoms with van der Waals surface area (Å²) >= 11 is 7.32. The van der Waals surface area contributed by atoms with Gasteiger partial charge in [-0.3, -0.25) is 4.98 Å². The number of nitrogens with zero attached hydrogens (tertiary/aromatic N) is 1. The molecule has 0 amide bonds. The molecule has 0 bridgehead atoms. The first-order valence-corrected chi connectivity index (χ1v) is 5.45. The molecule has 2 rings (SSSR count). The van der Waals surface area contributed by atoms with E-state index >= 15 is 0 Å². The first kappa shape index (κ1) is 10.3. The summed E-state index contributed by atoms with van der Waals surface area (Å²) in [5.41, 5.74) is 7.02. The largest absolute Gasteiger partial charge is 0.494 e. The Morgan fingerprint density at radius 2 is 2.27 bits per heavy atom. The minimum Gasteiger partial charge on any atom is -0.494 e. The van der Waals surface area contributed by atoms with E-state index in [4.69, 9.17) is 22.1 Å². The molecule has 0 aromatic carbocycles. The van der Waals surface area contributed by atoms with Gasteiger partial charge in [0, 0.05) is 6.07 Å². The van der Waals surface area contributed by atoms with Crippen molar-refractivity contribution in [3.8, 4) is 16.3 Å². The van der Waals surface area contributed by atoms with Crippen molar-refractivity contribution < 1.29 is 4.74 Å². The molecule has 5 heteroatoms. The summed E-state index contributed by atoms with van der Waals surface area (Å²) in [4.78, 5) is 5.22. The van der Waals surface area contributed by atoms with Crippen molar-refractivity contribution in [3.05, 3.63) is 28.7 Å². The van der Waals surface area contributed by atoms with Crippen LogP contribution in [0.4, 0.5) is 5.69 Å². The molecule has 0 saturated heterocycles. The van der Waals surface area contributed by atoms with Gasteiger partial charge in [-0.1, -0.05) is 11.6 Å². The zero-order valence-electron chi connectivity index (χ0n) is 8.03. The maximum atomic E-state index is 5.85. The van der Waals surface area contributed by atoms with Crippen molar-refractivity contribution in [2.24, 2.45) is 0 Å². The molecule has 2 aromatic rings. The number of anilines is 1. The highest BCUT2D eigenvalue weighted by Gasteiger charge is 2.06. The number of ether oxygens (including phenoxy) is 1. The Balaban J connectivity index is 2.45. The molecular weight excluding hydrogens is 232 g/mol. The highest BCUT2D eigenvalue weighted by atomic mass is 35.5. The first-order chi connectivity index (χ1) is 7.20. The molecule has 0 radical (unpaired) electrons. The van der Waals surface area contributed by atoms with E-state index in [1.165, 1.54) is 11.3 Å². The van der Waals surface area contributed by atoms with Crippen LogP contribution in [0.25, 0.3) is 10.6 Å².